The van der Waals surface area contributed by atoms with E-state index < -0.39 is 11.5 Å². The van der Waals surface area contributed by atoms with Crippen LogP contribution in [0.1, 0.15) is 17.3 Å². The largest absolute Gasteiger partial charge is 0.462 e. The second-order valence-electron chi connectivity index (χ2n) is 3.14. The second-order valence-corrected chi connectivity index (χ2v) is 3.95. The molecule has 0 aromatic carbocycles. The fraction of sp³-hybridized carbons (Fsp3) is 0.200. The molecule has 0 atom stereocenters. The molecule has 2 aromatic rings. The minimum absolute atomic E-state index is 0.0950. The summed E-state index contributed by atoms with van der Waals surface area (Å²) in [6, 6.07) is 0. The van der Waals surface area contributed by atoms with Crippen LogP contribution in [0.25, 0.3) is 5.65 Å². The Morgan fingerprint density at radius 1 is 1.47 bits per heavy atom. The van der Waals surface area contributed by atoms with Gasteiger partial charge in [0.05, 0.1) is 12.8 Å². The van der Waals surface area contributed by atoms with Gasteiger partial charge in [0.15, 0.2) is 5.65 Å². The van der Waals surface area contributed by atoms with Crippen LogP contribution in [-0.4, -0.2) is 26.9 Å². The molecule has 0 saturated heterocycles. The lowest BCUT2D eigenvalue weighted by Gasteiger charge is -2.03. The number of rotatable bonds is 2. The third-order valence-corrected chi connectivity index (χ3v) is 2.47. The highest BCUT2D eigenvalue weighted by molar-refractivity contribution is 9.10. The molecule has 0 saturated carbocycles. The summed E-state index contributed by atoms with van der Waals surface area (Å²) >= 11 is 3.14. The Morgan fingerprint density at radius 2 is 2.24 bits per heavy atom. The van der Waals surface area contributed by atoms with Crippen molar-refractivity contribution in [2.45, 2.75) is 6.92 Å². The predicted octanol–water partition coefficient (Wildman–Crippen LogP) is 1.03. The lowest BCUT2D eigenvalue weighted by Crippen LogP contribution is -2.24. The van der Waals surface area contributed by atoms with E-state index in [9.17, 15) is 9.59 Å². The molecule has 0 spiro atoms. The zero-order chi connectivity index (χ0) is 12.4. The molecule has 0 fully saturated rings. The number of hydrogen-bond donors (Lipinski definition) is 0. The molecule has 2 heterocycles. The Morgan fingerprint density at radius 3 is 2.94 bits per heavy atom. The molecule has 2 rings (SSSR count). The van der Waals surface area contributed by atoms with Crippen molar-refractivity contribution in [2.24, 2.45) is 0 Å². The third-order valence-electron chi connectivity index (χ3n) is 2.06. The predicted molar refractivity (Wildman–Crippen MR) is 62.9 cm³/mol. The van der Waals surface area contributed by atoms with Gasteiger partial charge in [-0.05, 0) is 22.9 Å². The fourth-order valence-electron chi connectivity index (χ4n) is 1.31. The molecule has 0 unspecified atom stereocenters. The number of carbonyl (C=O) groups excluding carboxylic acids is 1. The number of esters is 1. The van der Waals surface area contributed by atoms with E-state index in [0.29, 0.717) is 10.3 Å². The van der Waals surface area contributed by atoms with Gasteiger partial charge in [0.25, 0.3) is 5.56 Å². The van der Waals surface area contributed by atoms with E-state index in [2.05, 4.69) is 25.9 Å². The van der Waals surface area contributed by atoms with E-state index in [1.807, 2.05) is 0 Å². The molecule has 88 valence electrons. The van der Waals surface area contributed by atoms with Crippen molar-refractivity contribution in [1.29, 1.82) is 0 Å². The molecule has 0 radical (unpaired) electrons. The van der Waals surface area contributed by atoms with E-state index in [-0.39, 0.29) is 12.2 Å². The van der Waals surface area contributed by atoms with Crippen LogP contribution in [0.4, 0.5) is 0 Å². The highest BCUT2D eigenvalue weighted by atomic mass is 79.9. The molecule has 0 N–H and O–H groups in total. The fourth-order valence-corrected chi connectivity index (χ4v) is 1.62. The highest BCUT2D eigenvalue weighted by Gasteiger charge is 2.14. The molecular formula is C10H8BrN3O3. The molecule has 2 aromatic heterocycles. The first kappa shape index (κ1) is 11.7. The maximum absolute atomic E-state index is 12.0. The number of halogens is 1. The molecule has 0 bridgehead atoms. The quantitative estimate of drug-likeness (QED) is 0.774. The summed E-state index contributed by atoms with van der Waals surface area (Å²) in [5.74, 6) is -0.674. The van der Waals surface area contributed by atoms with Crippen LogP contribution in [0.15, 0.2) is 28.0 Å². The van der Waals surface area contributed by atoms with Gasteiger partial charge < -0.3 is 4.74 Å². The van der Waals surface area contributed by atoms with Gasteiger partial charge in [-0.2, -0.15) is 0 Å². The summed E-state index contributed by atoms with van der Waals surface area (Å²) in [5.41, 5.74) is -0.203. The Hall–Kier alpha value is -1.76. The first-order chi connectivity index (χ1) is 8.13. The second kappa shape index (κ2) is 4.62. The van der Waals surface area contributed by atoms with Gasteiger partial charge in [0.1, 0.15) is 10.2 Å². The topological polar surface area (TPSA) is 73.6 Å². The average Bonchev–Trinajstić information content (AvgIpc) is 2.30. The monoisotopic (exact) mass is 297 g/mol. The van der Waals surface area contributed by atoms with E-state index in [0.717, 1.165) is 0 Å². The first-order valence-corrected chi connectivity index (χ1v) is 5.63. The van der Waals surface area contributed by atoms with Crippen molar-refractivity contribution in [3.8, 4) is 0 Å². The first-order valence-electron chi connectivity index (χ1n) is 4.83. The summed E-state index contributed by atoms with van der Waals surface area (Å²) in [5, 5.41) is 0. The highest BCUT2D eigenvalue weighted by Crippen LogP contribution is 2.05. The minimum Gasteiger partial charge on any atom is -0.462 e. The van der Waals surface area contributed by atoms with Crippen molar-refractivity contribution < 1.29 is 9.53 Å². The Balaban J connectivity index is 2.65. The van der Waals surface area contributed by atoms with Crippen molar-refractivity contribution >= 4 is 27.5 Å². The molecule has 0 amide bonds. The van der Waals surface area contributed by atoms with E-state index in [1.54, 1.807) is 6.92 Å². The number of aromatic nitrogens is 3. The Kier molecular flexibility index (Phi) is 3.19. The van der Waals surface area contributed by atoms with Crippen molar-refractivity contribution in [2.75, 3.05) is 6.61 Å². The molecule has 0 aliphatic rings. The molecule has 6 nitrogen and oxygen atoms in total. The van der Waals surface area contributed by atoms with Crippen LogP contribution in [0.3, 0.4) is 0 Å². The van der Waals surface area contributed by atoms with Gasteiger partial charge in [-0.15, -0.1) is 0 Å². The van der Waals surface area contributed by atoms with E-state index in [1.165, 1.54) is 23.0 Å². The summed E-state index contributed by atoms with van der Waals surface area (Å²) in [4.78, 5) is 31.4. The van der Waals surface area contributed by atoms with E-state index in [4.69, 9.17) is 4.74 Å². The normalized spacial score (nSPS) is 10.5. The minimum atomic E-state index is -0.674. The summed E-state index contributed by atoms with van der Waals surface area (Å²) < 4.78 is 6.49. The lowest BCUT2D eigenvalue weighted by atomic mass is 10.3. The van der Waals surface area contributed by atoms with Gasteiger partial charge in [-0.1, -0.05) is 0 Å². The summed E-state index contributed by atoms with van der Waals surface area (Å²) in [6.07, 6.45) is 4.08. The molecule has 7 heteroatoms. The third kappa shape index (κ3) is 2.19. The van der Waals surface area contributed by atoms with Crippen LogP contribution in [0, 0.1) is 0 Å². The lowest BCUT2D eigenvalue weighted by molar-refractivity contribution is 0.0523. The average molecular weight is 298 g/mol. The Labute approximate surface area is 104 Å². The summed E-state index contributed by atoms with van der Waals surface area (Å²) in [6.45, 7) is 1.88. The van der Waals surface area contributed by atoms with Crippen molar-refractivity contribution in [3.63, 3.8) is 0 Å². The van der Waals surface area contributed by atoms with Gasteiger partial charge in [0, 0.05) is 12.4 Å². The van der Waals surface area contributed by atoms with Gasteiger partial charge in [-0.3, -0.25) is 9.20 Å². The van der Waals surface area contributed by atoms with Gasteiger partial charge in [-0.25, -0.2) is 14.8 Å². The maximum atomic E-state index is 12.0. The molecule has 0 aliphatic heterocycles. The van der Waals surface area contributed by atoms with Crippen LogP contribution in [0.5, 0.6) is 0 Å². The van der Waals surface area contributed by atoms with Crippen LogP contribution in [0.2, 0.25) is 0 Å². The Bertz CT molecular complexity index is 638. The van der Waals surface area contributed by atoms with Crippen LogP contribution < -0.4 is 5.56 Å². The number of ether oxygens (including phenoxy) is 1. The van der Waals surface area contributed by atoms with Crippen LogP contribution >= 0.6 is 15.9 Å². The van der Waals surface area contributed by atoms with Gasteiger partial charge in [0.2, 0.25) is 0 Å². The van der Waals surface area contributed by atoms with Crippen molar-refractivity contribution in [3.05, 3.63) is 39.1 Å². The molecular weight excluding hydrogens is 290 g/mol. The maximum Gasteiger partial charge on any atom is 0.345 e. The summed E-state index contributed by atoms with van der Waals surface area (Å²) in [7, 11) is 0. The number of fused-ring (bicyclic) bond motifs is 1. The smallest absolute Gasteiger partial charge is 0.345 e. The molecule has 17 heavy (non-hydrogen) atoms. The number of carbonyl (C=O) groups is 1. The van der Waals surface area contributed by atoms with Crippen LogP contribution in [-0.2, 0) is 4.74 Å². The zero-order valence-corrected chi connectivity index (χ0v) is 10.5. The number of nitrogens with zero attached hydrogens (tertiary/aromatic N) is 3. The number of hydrogen-bond acceptors (Lipinski definition) is 5. The van der Waals surface area contributed by atoms with Gasteiger partial charge >= 0.3 is 5.97 Å². The standard InChI is InChI=1S/C10H8BrN3O3/c1-2-17-10(16)6-3-13-8-4-12-7(11)5-14(8)9(6)15/h3-5H,2H2,1H3. The SMILES string of the molecule is CCOC(=O)c1cnc2cnc(Br)cn2c1=O. The molecule has 0 aliphatic carbocycles. The van der Waals surface area contributed by atoms with E-state index >= 15 is 0 Å². The van der Waals surface area contributed by atoms with Crippen molar-refractivity contribution in [1.82, 2.24) is 14.4 Å². The zero-order valence-electron chi connectivity index (χ0n) is 8.88.